The van der Waals surface area contributed by atoms with Crippen molar-refractivity contribution in [2.45, 2.75) is 13.0 Å². The molecule has 106 valence electrons. The van der Waals surface area contributed by atoms with Crippen molar-refractivity contribution in [1.29, 1.82) is 0 Å². The Morgan fingerprint density at radius 3 is 2.84 bits per heavy atom. The maximum Gasteiger partial charge on any atom is 0.223 e. The minimum Gasteiger partial charge on any atom is -0.491 e. The van der Waals surface area contributed by atoms with Gasteiger partial charge in [-0.3, -0.25) is 9.78 Å². The first-order chi connectivity index (χ1) is 9.26. The number of hydrogen-bond donors (Lipinski definition) is 2. The van der Waals surface area contributed by atoms with Gasteiger partial charge in [0.05, 0.1) is 31.5 Å². The van der Waals surface area contributed by atoms with E-state index in [4.69, 9.17) is 9.47 Å². The van der Waals surface area contributed by atoms with Crippen LogP contribution < -0.4 is 15.4 Å². The van der Waals surface area contributed by atoms with Gasteiger partial charge in [-0.1, -0.05) is 0 Å². The van der Waals surface area contributed by atoms with Gasteiger partial charge in [0.1, 0.15) is 5.75 Å². The molecule has 1 rings (SSSR count). The Morgan fingerprint density at radius 2 is 2.21 bits per heavy atom. The summed E-state index contributed by atoms with van der Waals surface area (Å²) in [6.07, 6.45) is 2.01. The van der Waals surface area contributed by atoms with E-state index in [0.717, 1.165) is 12.2 Å². The Morgan fingerprint density at radius 1 is 1.37 bits per heavy atom. The zero-order valence-corrected chi connectivity index (χ0v) is 11.4. The molecular weight excluding hydrogens is 246 g/mol. The van der Waals surface area contributed by atoms with Crippen molar-refractivity contribution in [1.82, 2.24) is 15.6 Å². The quantitative estimate of drug-likeness (QED) is 0.631. The molecule has 0 spiro atoms. The minimum absolute atomic E-state index is 0.0353. The van der Waals surface area contributed by atoms with E-state index in [1.54, 1.807) is 20.4 Å². The second-order valence-corrected chi connectivity index (χ2v) is 3.93. The van der Waals surface area contributed by atoms with Crippen LogP contribution in [0.5, 0.6) is 5.75 Å². The molecule has 0 aliphatic heterocycles. The molecule has 1 amide bonds. The fourth-order valence-electron chi connectivity index (χ4n) is 1.38. The standard InChI is InChI=1S/C13H21N3O3/c1-14-13(17)5-7-19-12-4-3-11(16-10-12)9-15-6-8-18-2/h3-4,10,15H,5-9H2,1-2H3,(H,14,17). The molecule has 0 saturated heterocycles. The lowest BCUT2D eigenvalue weighted by atomic mass is 10.3. The summed E-state index contributed by atoms with van der Waals surface area (Å²) in [5, 5.41) is 5.75. The SMILES string of the molecule is CNC(=O)CCOc1ccc(CNCCOC)nc1. The molecule has 19 heavy (non-hydrogen) atoms. The lowest BCUT2D eigenvalue weighted by Crippen LogP contribution is -2.20. The van der Waals surface area contributed by atoms with Crippen LogP contribution in [0.4, 0.5) is 0 Å². The smallest absolute Gasteiger partial charge is 0.223 e. The topological polar surface area (TPSA) is 72.5 Å². The van der Waals surface area contributed by atoms with Crippen molar-refractivity contribution < 1.29 is 14.3 Å². The predicted molar refractivity (Wildman–Crippen MR) is 72.0 cm³/mol. The van der Waals surface area contributed by atoms with Gasteiger partial charge >= 0.3 is 0 Å². The Bertz CT molecular complexity index is 368. The lowest BCUT2D eigenvalue weighted by Gasteiger charge is -2.07. The maximum absolute atomic E-state index is 11.0. The van der Waals surface area contributed by atoms with Gasteiger partial charge in [0.25, 0.3) is 0 Å². The van der Waals surface area contributed by atoms with E-state index in [2.05, 4.69) is 15.6 Å². The van der Waals surface area contributed by atoms with Crippen LogP contribution in [0.15, 0.2) is 18.3 Å². The normalized spacial score (nSPS) is 10.2. The first-order valence-electron chi connectivity index (χ1n) is 6.24. The van der Waals surface area contributed by atoms with E-state index >= 15 is 0 Å². The van der Waals surface area contributed by atoms with Crippen LogP contribution >= 0.6 is 0 Å². The summed E-state index contributed by atoms with van der Waals surface area (Å²) in [5.41, 5.74) is 0.940. The van der Waals surface area contributed by atoms with Gasteiger partial charge in [0.15, 0.2) is 0 Å². The summed E-state index contributed by atoms with van der Waals surface area (Å²) in [6.45, 7) is 2.53. The molecule has 0 atom stereocenters. The highest BCUT2D eigenvalue weighted by atomic mass is 16.5. The highest BCUT2D eigenvalue weighted by Crippen LogP contribution is 2.09. The van der Waals surface area contributed by atoms with Crippen LogP contribution in [0, 0.1) is 0 Å². The summed E-state index contributed by atoms with van der Waals surface area (Å²) in [6, 6.07) is 3.75. The van der Waals surface area contributed by atoms with Gasteiger partial charge in [0, 0.05) is 27.2 Å². The van der Waals surface area contributed by atoms with Crippen LogP contribution in [0.1, 0.15) is 12.1 Å². The third-order valence-electron chi connectivity index (χ3n) is 2.46. The summed E-state index contributed by atoms with van der Waals surface area (Å²) < 4.78 is 10.3. The number of nitrogens with zero attached hydrogens (tertiary/aromatic N) is 1. The third-order valence-corrected chi connectivity index (χ3v) is 2.46. The second-order valence-electron chi connectivity index (χ2n) is 3.93. The average Bonchev–Trinajstić information content (AvgIpc) is 2.45. The van der Waals surface area contributed by atoms with Crippen LogP contribution in [0.3, 0.4) is 0 Å². The molecule has 0 saturated carbocycles. The molecule has 6 nitrogen and oxygen atoms in total. The molecule has 0 fully saturated rings. The Kier molecular flexibility index (Phi) is 7.53. The van der Waals surface area contributed by atoms with Crippen molar-refractivity contribution >= 4 is 5.91 Å². The zero-order chi connectivity index (χ0) is 13.9. The number of rotatable bonds is 9. The molecule has 2 N–H and O–H groups in total. The molecule has 1 aromatic rings. The number of carbonyl (C=O) groups is 1. The Hall–Kier alpha value is -1.66. The van der Waals surface area contributed by atoms with E-state index in [-0.39, 0.29) is 5.91 Å². The second kappa shape index (κ2) is 9.29. The molecule has 1 aromatic heterocycles. The number of nitrogens with one attached hydrogen (secondary N) is 2. The molecule has 0 aliphatic rings. The molecule has 0 radical (unpaired) electrons. The van der Waals surface area contributed by atoms with Gasteiger partial charge in [-0.2, -0.15) is 0 Å². The summed E-state index contributed by atoms with van der Waals surface area (Å²) in [4.78, 5) is 15.3. The monoisotopic (exact) mass is 267 g/mol. The maximum atomic E-state index is 11.0. The number of carbonyl (C=O) groups excluding carboxylic acids is 1. The third kappa shape index (κ3) is 6.73. The predicted octanol–water partition coefficient (Wildman–Crippen LogP) is 0.333. The van der Waals surface area contributed by atoms with Crippen molar-refractivity contribution in [2.24, 2.45) is 0 Å². The highest BCUT2D eigenvalue weighted by molar-refractivity contribution is 5.75. The number of ether oxygens (including phenoxy) is 2. The molecule has 0 aromatic carbocycles. The van der Waals surface area contributed by atoms with Gasteiger partial charge < -0.3 is 20.1 Å². The number of aromatic nitrogens is 1. The van der Waals surface area contributed by atoms with Gasteiger partial charge in [-0.15, -0.1) is 0 Å². The van der Waals surface area contributed by atoms with Crippen molar-refractivity contribution in [2.75, 3.05) is 33.9 Å². The fourth-order valence-corrected chi connectivity index (χ4v) is 1.38. The summed E-state index contributed by atoms with van der Waals surface area (Å²) in [7, 11) is 3.28. The Labute approximate surface area is 113 Å². The first kappa shape index (κ1) is 15.4. The van der Waals surface area contributed by atoms with Crippen molar-refractivity contribution in [3.63, 3.8) is 0 Å². The van der Waals surface area contributed by atoms with Crippen LogP contribution in [0.2, 0.25) is 0 Å². The molecule has 6 heteroatoms. The van der Waals surface area contributed by atoms with Gasteiger partial charge in [0.2, 0.25) is 5.91 Å². The number of hydrogen-bond acceptors (Lipinski definition) is 5. The molecule has 0 bridgehead atoms. The van der Waals surface area contributed by atoms with Crippen LogP contribution in [-0.4, -0.2) is 44.8 Å². The molecule has 1 heterocycles. The van der Waals surface area contributed by atoms with Crippen molar-refractivity contribution in [3.05, 3.63) is 24.0 Å². The van der Waals surface area contributed by atoms with E-state index in [1.165, 1.54) is 0 Å². The van der Waals surface area contributed by atoms with Crippen LogP contribution in [-0.2, 0) is 16.1 Å². The molecule has 0 aliphatic carbocycles. The van der Waals surface area contributed by atoms with E-state index in [1.807, 2.05) is 12.1 Å². The highest BCUT2D eigenvalue weighted by Gasteiger charge is 2.00. The fraction of sp³-hybridized carbons (Fsp3) is 0.538. The number of pyridine rings is 1. The molecule has 0 unspecified atom stereocenters. The van der Waals surface area contributed by atoms with E-state index in [0.29, 0.717) is 31.9 Å². The average molecular weight is 267 g/mol. The Balaban J connectivity index is 2.25. The van der Waals surface area contributed by atoms with E-state index in [9.17, 15) is 4.79 Å². The van der Waals surface area contributed by atoms with Crippen molar-refractivity contribution in [3.8, 4) is 5.75 Å². The molecular formula is C13H21N3O3. The number of methoxy groups -OCH3 is 1. The van der Waals surface area contributed by atoms with Gasteiger partial charge in [-0.05, 0) is 12.1 Å². The van der Waals surface area contributed by atoms with Gasteiger partial charge in [-0.25, -0.2) is 0 Å². The largest absolute Gasteiger partial charge is 0.491 e. The first-order valence-corrected chi connectivity index (χ1v) is 6.24. The van der Waals surface area contributed by atoms with Crippen LogP contribution in [0.25, 0.3) is 0 Å². The summed E-state index contributed by atoms with van der Waals surface area (Å²) in [5.74, 6) is 0.636. The lowest BCUT2D eigenvalue weighted by molar-refractivity contribution is -0.121. The number of amides is 1. The van der Waals surface area contributed by atoms with E-state index < -0.39 is 0 Å². The zero-order valence-electron chi connectivity index (χ0n) is 11.4. The minimum atomic E-state index is -0.0353. The summed E-state index contributed by atoms with van der Waals surface area (Å²) >= 11 is 0.